The van der Waals surface area contributed by atoms with Gasteiger partial charge in [0.1, 0.15) is 23.2 Å². The Kier molecular flexibility index (Phi) is 7.57. The number of ether oxygens (including phenoxy) is 2. The fraction of sp³-hybridized carbons (Fsp3) is 0.469. The average Bonchev–Trinajstić information content (AvgIpc) is 3.57. The van der Waals surface area contributed by atoms with Crippen molar-refractivity contribution in [1.82, 2.24) is 25.2 Å². The number of benzene rings is 2. The number of rotatable bonds is 3. The van der Waals surface area contributed by atoms with Crippen LogP contribution >= 0.6 is 11.6 Å². The van der Waals surface area contributed by atoms with Gasteiger partial charge in [-0.3, -0.25) is 9.88 Å². The molecular weight excluding hydrogens is 574 g/mol. The molecule has 1 N–H and O–H groups in total. The lowest BCUT2D eigenvalue weighted by Gasteiger charge is -2.51. The van der Waals surface area contributed by atoms with Crippen LogP contribution in [0.3, 0.4) is 0 Å². The molecule has 4 aliphatic heterocycles. The molecular formula is C32H35ClF2N6O2. The van der Waals surface area contributed by atoms with Crippen LogP contribution in [0.1, 0.15) is 26.2 Å². The summed E-state index contributed by atoms with van der Waals surface area (Å²) in [5.74, 6) is 0.0760. The number of aromatic nitrogens is 3. The van der Waals surface area contributed by atoms with E-state index in [2.05, 4.69) is 37.0 Å². The molecule has 0 saturated carbocycles. The maximum absolute atomic E-state index is 16.1. The summed E-state index contributed by atoms with van der Waals surface area (Å²) in [6.07, 6.45) is 4.46. The minimum atomic E-state index is -0.531. The molecule has 4 aromatic rings. The van der Waals surface area contributed by atoms with Gasteiger partial charge in [0.15, 0.2) is 5.82 Å². The topological polar surface area (TPSA) is 75.6 Å². The van der Waals surface area contributed by atoms with Crippen LogP contribution in [0.5, 0.6) is 6.01 Å². The summed E-state index contributed by atoms with van der Waals surface area (Å²) in [5, 5.41) is 6.37. The van der Waals surface area contributed by atoms with E-state index < -0.39 is 12.0 Å². The van der Waals surface area contributed by atoms with Crippen molar-refractivity contribution >= 4 is 39.1 Å². The van der Waals surface area contributed by atoms with Crippen LogP contribution in [0.4, 0.5) is 14.6 Å². The largest absolute Gasteiger partial charge is 0.467 e. The fourth-order valence-electron chi connectivity index (χ4n) is 7.12. The zero-order valence-corrected chi connectivity index (χ0v) is 25.1. The Morgan fingerprint density at radius 1 is 1.14 bits per heavy atom. The monoisotopic (exact) mass is 608 g/mol. The highest BCUT2D eigenvalue weighted by Crippen LogP contribution is 2.38. The van der Waals surface area contributed by atoms with E-state index in [1.807, 2.05) is 30.3 Å². The zero-order chi connectivity index (χ0) is 29.7. The van der Waals surface area contributed by atoms with Crippen molar-refractivity contribution in [2.24, 2.45) is 0 Å². The summed E-state index contributed by atoms with van der Waals surface area (Å²) in [6, 6.07) is 12.2. The van der Waals surface area contributed by atoms with Crippen molar-refractivity contribution in [3.05, 3.63) is 53.4 Å². The summed E-state index contributed by atoms with van der Waals surface area (Å²) < 4.78 is 39.5. The van der Waals surface area contributed by atoms with Crippen LogP contribution in [0.25, 0.3) is 32.9 Å². The highest BCUT2D eigenvalue weighted by molar-refractivity contribution is 6.36. The SMILES string of the molecule is COc1nc(N2CC(C)NC3(COC3)C2)c2cnc(-c3cccc4cccc(Cl)c34)c(F)c2n1.FC1CC2CCCN2C1. The summed E-state index contributed by atoms with van der Waals surface area (Å²) in [7, 11) is 1.48. The van der Waals surface area contributed by atoms with E-state index in [1.165, 1.54) is 20.0 Å². The molecule has 4 fully saturated rings. The third kappa shape index (κ3) is 5.28. The van der Waals surface area contributed by atoms with Crippen molar-refractivity contribution in [3.63, 3.8) is 0 Å². The molecule has 3 atom stereocenters. The second-order valence-electron chi connectivity index (χ2n) is 12.2. The smallest absolute Gasteiger partial charge is 0.318 e. The molecule has 226 valence electrons. The van der Waals surface area contributed by atoms with Gasteiger partial charge in [0.25, 0.3) is 0 Å². The van der Waals surface area contributed by atoms with Crippen molar-refractivity contribution < 1.29 is 18.3 Å². The van der Waals surface area contributed by atoms with Crippen LogP contribution in [-0.4, -0.2) is 90.1 Å². The molecule has 6 heterocycles. The standard InChI is InChI=1S/C25H23ClFN5O2.C7H12FN/c1-14-10-32(11-25(31-14)12-34-13-25)23-17-9-28-21(20(27)22(17)29-24(30-23)33-2)16-7-3-5-15-6-4-8-18(26)19(15)16;8-6-4-7-2-1-3-9(7)5-6/h3-9,14,31H,10-13H2,1-2H3;6-7H,1-5H2. The number of hydrogen-bond donors (Lipinski definition) is 1. The van der Waals surface area contributed by atoms with E-state index in [0.29, 0.717) is 60.7 Å². The number of hydrogen-bond acceptors (Lipinski definition) is 8. The number of halogens is 3. The quantitative estimate of drug-likeness (QED) is 0.331. The number of anilines is 1. The lowest BCUT2D eigenvalue weighted by molar-refractivity contribution is -0.0803. The van der Waals surface area contributed by atoms with Gasteiger partial charge in [0.2, 0.25) is 0 Å². The van der Waals surface area contributed by atoms with Gasteiger partial charge in [-0.05, 0) is 44.2 Å². The summed E-state index contributed by atoms with van der Waals surface area (Å²) in [5.41, 5.74) is 0.841. The van der Waals surface area contributed by atoms with E-state index in [-0.39, 0.29) is 28.8 Å². The number of alkyl halides is 1. The normalized spacial score (nSPS) is 24.6. The van der Waals surface area contributed by atoms with Gasteiger partial charge in [-0.1, -0.05) is 41.9 Å². The second kappa shape index (κ2) is 11.4. The number of piperazine rings is 1. The van der Waals surface area contributed by atoms with Crippen LogP contribution in [0.15, 0.2) is 42.6 Å². The van der Waals surface area contributed by atoms with Gasteiger partial charge in [0, 0.05) is 53.9 Å². The summed E-state index contributed by atoms with van der Waals surface area (Å²) in [6.45, 7) is 6.64. The predicted molar refractivity (Wildman–Crippen MR) is 164 cm³/mol. The molecule has 0 bridgehead atoms. The van der Waals surface area contributed by atoms with Gasteiger partial charge in [-0.25, -0.2) is 8.78 Å². The Labute approximate surface area is 254 Å². The molecule has 0 amide bonds. The molecule has 4 saturated heterocycles. The number of nitrogens with zero attached hydrogens (tertiary/aromatic N) is 5. The van der Waals surface area contributed by atoms with Gasteiger partial charge in [-0.15, -0.1) is 0 Å². The van der Waals surface area contributed by atoms with Gasteiger partial charge < -0.3 is 19.7 Å². The highest BCUT2D eigenvalue weighted by Gasteiger charge is 2.45. The lowest BCUT2D eigenvalue weighted by Crippen LogP contribution is -2.73. The Morgan fingerprint density at radius 3 is 2.70 bits per heavy atom. The molecule has 0 aliphatic carbocycles. The van der Waals surface area contributed by atoms with Crippen molar-refractivity contribution in [1.29, 1.82) is 0 Å². The summed E-state index contributed by atoms with van der Waals surface area (Å²) >= 11 is 6.50. The van der Waals surface area contributed by atoms with E-state index in [0.717, 1.165) is 23.7 Å². The Balaban J connectivity index is 0.000000283. The molecule has 8 rings (SSSR count). The van der Waals surface area contributed by atoms with E-state index in [1.54, 1.807) is 12.3 Å². The predicted octanol–water partition coefficient (Wildman–Crippen LogP) is 5.41. The molecule has 8 nitrogen and oxygen atoms in total. The van der Waals surface area contributed by atoms with Crippen molar-refractivity contribution in [3.8, 4) is 17.3 Å². The number of methoxy groups -OCH3 is 1. The van der Waals surface area contributed by atoms with Crippen LogP contribution < -0.4 is 15.0 Å². The number of pyridine rings is 1. The first-order valence-corrected chi connectivity index (χ1v) is 15.3. The van der Waals surface area contributed by atoms with Crippen LogP contribution in [-0.2, 0) is 4.74 Å². The van der Waals surface area contributed by atoms with Gasteiger partial charge >= 0.3 is 6.01 Å². The molecule has 11 heteroatoms. The molecule has 3 unspecified atom stereocenters. The van der Waals surface area contributed by atoms with Crippen LogP contribution in [0, 0.1) is 5.82 Å². The molecule has 2 aromatic carbocycles. The van der Waals surface area contributed by atoms with Gasteiger partial charge in [-0.2, -0.15) is 9.97 Å². The highest BCUT2D eigenvalue weighted by atomic mass is 35.5. The molecule has 2 aromatic heterocycles. The van der Waals surface area contributed by atoms with Crippen LogP contribution in [0.2, 0.25) is 5.02 Å². The fourth-order valence-corrected chi connectivity index (χ4v) is 7.40. The molecule has 0 radical (unpaired) electrons. The number of nitrogens with one attached hydrogen (secondary N) is 1. The number of fused-ring (bicyclic) bond motifs is 3. The Bertz CT molecular complexity index is 1650. The minimum Gasteiger partial charge on any atom is -0.467 e. The first-order valence-electron chi connectivity index (χ1n) is 14.9. The lowest BCUT2D eigenvalue weighted by atomic mass is 9.92. The Morgan fingerprint density at radius 2 is 1.95 bits per heavy atom. The molecule has 43 heavy (non-hydrogen) atoms. The van der Waals surface area contributed by atoms with E-state index in [9.17, 15) is 4.39 Å². The average molecular weight is 609 g/mol. The second-order valence-corrected chi connectivity index (χ2v) is 12.6. The molecule has 4 aliphatic rings. The maximum atomic E-state index is 16.1. The van der Waals surface area contributed by atoms with E-state index in [4.69, 9.17) is 21.1 Å². The Hall–Kier alpha value is -3.18. The van der Waals surface area contributed by atoms with E-state index >= 15 is 4.39 Å². The first kappa shape index (κ1) is 28.6. The zero-order valence-electron chi connectivity index (χ0n) is 24.3. The third-order valence-corrected chi connectivity index (χ3v) is 9.31. The van der Waals surface area contributed by atoms with Crippen molar-refractivity contribution in [2.45, 2.75) is 50.0 Å². The first-order chi connectivity index (χ1) is 20.8. The summed E-state index contributed by atoms with van der Waals surface area (Å²) in [4.78, 5) is 18.0. The minimum absolute atomic E-state index is 0.111. The third-order valence-electron chi connectivity index (χ3n) is 8.99. The molecule has 1 spiro atoms. The maximum Gasteiger partial charge on any atom is 0.318 e. The van der Waals surface area contributed by atoms with Gasteiger partial charge in [0.05, 0.1) is 31.2 Å². The van der Waals surface area contributed by atoms with Crippen molar-refractivity contribution in [2.75, 3.05) is 51.4 Å².